The highest BCUT2D eigenvalue weighted by Gasteiger charge is 2.33. The van der Waals surface area contributed by atoms with Crippen LogP contribution in [0.4, 0.5) is 0 Å². The molecule has 0 aliphatic heterocycles. The van der Waals surface area contributed by atoms with Crippen molar-refractivity contribution in [2.45, 2.75) is 0 Å². The van der Waals surface area contributed by atoms with E-state index < -0.39 is 0 Å². The Labute approximate surface area is 464 Å². The molecule has 0 atom stereocenters. The van der Waals surface area contributed by atoms with Gasteiger partial charge in [-0.3, -0.25) is 13.7 Å². The van der Waals surface area contributed by atoms with Crippen LogP contribution in [0.2, 0.25) is 0 Å². The number of hydrogen-bond acceptors (Lipinski definition) is 3. The largest absolute Gasteiger partial charge is 0.305 e. The summed E-state index contributed by atoms with van der Waals surface area (Å²) >= 11 is 0. The van der Waals surface area contributed by atoms with E-state index in [1.54, 1.807) is 0 Å². The number of fused-ring (bicyclic) bond motifs is 12. The third-order valence-corrected chi connectivity index (χ3v) is 16.4. The van der Waals surface area contributed by atoms with E-state index in [9.17, 15) is 0 Å². The zero-order chi connectivity index (χ0) is 53.1. The van der Waals surface area contributed by atoms with Crippen LogP contribution in [0.25, 0.3) is 150 Å². The van der Waals surface area contributed by atoms with E-state index in [2.05, 4.69) is 278 Å². The van der Waals surface area contributed by atoms with Gasteiger partial charge >= 0.3 is 0 Å². The van der Waals surface area contributed by atoms with Crippen LogP contribution in [0.15, 0.2) is 279 Å². The number of para-hydroxylation sites is 9. The molecule has 0 amide bonds. The van der Waals surface area contributed by atoms with Gasteiger partial charge in [-0.05, 0) is 66.2 Å². The molecule has 8 heteroatoms. The molecule has 8 nitrogen and oxygen atoms in total. The molecule has 81 heavy (non-hydrogen) atoms. The maximum absolute atomic E-state index is 6.39. The van der Waals surface area contributed by atoms with Crippen molar-refractivity contribution >= 4 is 87.2 Å². The number of benzene rings is 11. The molecule has 0 fully saturated rings. The van der Waals surface area contributed by atoms with Crippen LogP contribution in [0, 0.1) is 0 Å². The van der Waals surface area contributed by atoms with Crippen LogP contribution < -0.4 is 0 Å². The molecule has 11 aromatic carbocycles. The summed E-state index contributed by atoms with van der Waals surface area (Å²) in [4.78, 5) is 6.39. The van der Waals surface area contributed by atoms with Gasteiger partial charge in [0.05, 0.1) is 44.1 Å². The van der Waals surface area contributed by atoms with Crippen molar-refractivity contribution in [3.05, 3.63) is 279 Å². The Bertz CT molecular complexity index is 4880. The lowest BCUT2D eigenvalue weighted by molar-refractivity contribution is 0.961. The maximum Gasteiger partial charge on any atom is 0.168 e. The molecule has 6 aromatic heterocycles. The minimum Gasteiger partial charge on any atom is -0.305 e. The topological polar surface area (TPSA) is 63.3 Å². The van der Waals surface area contributed by atoms with Crippen LogP contribution in [-0.4, -0.2) is 38.0 Å². The van der Waals surface area contributed by atoms with E-state index in [4.69, 9.17) is 15.2 Å². The molecule has 0 N–H and O–H groups in total. The smallest absolute Gasteiger partial charge is 0.168 e. The Morgan fingerprint density at radius 3 is 0.802 bits per heavy atom. The number of pyridine rings is 1. The molecule has 0 aliphatic carbocycles. The molecule has 6 heterocycles. The first-order valence-corrected chi connectivity index (χ1v) is 27.5. The average Bonchev–Trinajstić information content (AvgIpc) is 3.69. The molecule has 0 bridgehead atoms. The summed E-state index contributed by atoms with van der Waals surface area (Å²) in [5.41, 5.74) is 15.3. The van der Waals surface area contributed by atoms with Crippen molar-refractivity contribution < 1.29 is 0 Å². The average molecular weight is 1040 g/mol. The first-order chi connectivity index (χ1) is 40.3. The third kappa shape index (κ3) is 6.62. The van der Waals surface area contributed by atoms with Gasteiger partial charge in [-0.2, -0.15) is 0 Å². The molecule has 0 radical (unpaired) electrons. The van der Waals surface area contributed by atoms with Crippen LogP contribution in [-0.2, 0) is 0 Å². The van der Waals surface area contributed by atoms with Gasteiger partial charge in [0, 0.05) is 65.5 Å². The zero-order valence-electron chi connectivity index (χ0n) is 43.6. The van der Waals surface area contributed by atoms with Crippen molar-refractivity contribution in [3.63, 3.8) is 0 Å². The van der Waals surface area contributed by atoms with Crippen LogP contribution >= 0.6 is 0 Å². The zero-order valence-corrected chi connectivity index (χ0v) is 43.6. The summed E-state index contributed by atoms with van der Waals surface area (Å²) < 4.78 is 12.0. The summed E-state index contributed by atoms with van der Waals surface area (Å²) in [6.07, 6.45) is 0. The van der Waals surface area contributed by atoms with Gasteiger partial charge in [0.2, 0.25) is 0 Å². The Hall–Kier alpha value is -11.1. The molecule has 17 rings (SSSR count). The molecule has 0 aliphatic rings. The van der Waals surface area contributed by atoms with E-state index in [1.165, 1.54) is 0 Å². The fourth-order valence-electron chi connectivity index (χ4n) is 13.0. The highest BCUT2D eigenvalue weighted by atomic mass is 15.3. The summed E-state index contributed by atoms with van der Waals surface area (Å²) in [5.74, 6) is 3.08. The Morgan fingerprint density at radius 1 is 0.210 bits per heavy atom. The second-order valence-corrected chi connectivity index (χ2v) is 20.8. The normalized spacial score (nSPS) is 12.0. The van der Waals surface area contributed by atoms with Crippen molar-refractivity contribution in [2.75, 3.05) is 0 Å². The first-order valence-electron chi connectivity index (χ1n) is 27.5. The second kappa shape index (κ2) is 17.7. The summed E-state index contributed by atoms with van der Waals surface area (Å²) in [6, 6.07) is 100. The summed E-state index contributed by atoms with van der Waals surface area (Å²) in [5, 5.41) is 19.1. The van der Waals surface area contributed by atoms with E-state index in [-0.39, 0.29) is 0 Å². The Balaban J connectivity index is 1.10. The molecular formula is C73H46N8. The van der Waals surface area contributed by atoms with Crippen LogP contribution in [0.5, 0.6) is 0 Å². The maximum atomic E-state index is 6.39. The molecule has 0 saturated carbocycles. The van der Waals surface area contributed by atoms with E-state index in [1.807, 2.05) is 24.3 Å². The minimum atomic E-state index is 0.739. The van der Waals surface area contributed by atoms with Gasteiger partial charge in [-0.1, -0.05) is 218 Å². The van der Waals surface area contributed by atoms with E-state index in [0.29, 0.717) is 0 Å². The van der Waals surface area contributed by atoms with Gasteiger partial charge in [0.25, 0.3) is 0 Å². The van der Waals surface area contributed by atoms with Gasteiger partial charge in [0.15, 0.2) is 23.3 Å². The molecule has 17 aromatic rings. The second-order valence-electron chi connectivity index (χ2n) is 20.8. The van der Waals surface area contributed by atoms with Crippen molar-refractivity contribution in [1.29, 1.82) is 0 Å². The van der Waals surface area contributed by atoms with Gasteiger partial charge in [-0.25, -0.2) is 4.98 Å². The Kier molecular flexibility index (Phi) is 9.84. The third-order valence-electron chi connectivity index (χ3n) is 16.4. The number of nitrogens with zero attached hydrogens (tertiary/aromatic N) is 8. The molecule has 0 spiro atoms. The molecule has 0 unspecified atom stereocenters. The SMILES string of the molecule is c1ccc(-c2nnc(-c3ccc(-c4c(-n5c6ccccc6c6ccccc65)c(-n5c6ccccc6c6ccccc65)nc(-n5c6ccccc6c6ccccc65)c4-n4c5ccccc5c5ccccc54)cc3)n2-c2ccccc2)cc1. The van der Waals surface area contributed by atoms with Crippen molar-refractivity contribution in [3.8, 4) is 62.6 Å². The number of aromatic nitrogens is 8. The fourth-order valence-corrected chi connectivity index (χ4v) is 13.0. The standard InChI is InChI=1S/C73H46N8/c1-3-23-48(24-4-1)70-75-76-71(77(70)50-25-5-2-6-26-50)49-45-43-47(44-46-49)67-68(78-59-35-15-7-27-51(59)52-28-8-16-36-60(52)78)72(80-63-39-19-11-31-55(63)56-32-12-20-40-64(56)80)74-73(81-65-41-21-13-33-57(65)58-34-14-22-42-66(58)81)69(67)79-61-37-17-9-29-53(61)54-30-10-18-38-62(54)79/h1-46H. The molecule has 378 valence electrons. The number of rotatable bonds is 8. The summed E-state index contributed by atoms with van der Waals surface area (Å²) in [6.45, 7) is 0. The quantitative estimate of drug-likeness (QED) is 0.152. The molecule has 0 saturated heterocycles. The first kappa shape index (κ1) is 45.0. The monoisotopic (exact) mass is 1030 g/mol. The lowest BCUT2D eigenvalue weighted by Crippen LogP contribution is -2.16. The van der Waals surface area contributed by atoms with Gasteiger partial charge in [0.1, 0.15) is 11.4 Å². The lowest BCUT2D eigenvalue weighted by atomic mass is 9.98. The van der Waals surface area contributed by atoms with Gasteiger partial charge in [-0.15, -0.1) is 10.2 Å². The highest BCUT2D eigenvalue weighted by Crippen LogP contribution is 2.49. The van der Waals surface area contributed by atoms with E-state index in [0.717, 1.165) is 150 Å². The van der Waals surface area contributed by atoms with Gasteiger partial charge < -0.3 is 9.13 Å². The van der Waals surface area contributed by atoms with Crippen LogP contribution in [0.1, 0.15) is 0 Å². The minimum absolute atomic E-state index is 0.739. The lowest BCUT2D eigenvalue weighted by Gasteiger charge is -2.27. The fraction of sp³-hybridized carbons (Fsp3) is 0. The highest BCUT2D eigenvalue weighted by molar-refractivity contribution is 6.15. The molecular weight excluding hydrogens is 989 g/mol. The predicted octanol–water partition coefficient (Wildman–Crippen LogP) is 18.1. The van der Waals surface area contributed by atoms with Crippen molar-refractivity contribution in [2.24, 2.45) is 0 Å². The van der Waals surface area contributed by atoms with Crippen LogP contribution in [0.3, 0.4) is 0 Å². The predicted molar refractivity (Wildman–Crippen MR) is 333 cm³/mol. The number of hydrogen-bond donors (Lipinski definition) is 0. The Morgan fingerprint density at radius 2 is 0.469 bits per heavy atom. The summed E-state index contributed by atoms with van der Waals surface area (Å²) in [7, 11) is 0. The van der Waals surface area contributed by atoms with Crippen molar-refractivity contribution in [1.82, 2.24) is 38.0 Å². The van der Waals surface area contributed by atoms with E-state index >= 15 is 0 Å².